The number of hydrogen-bond acceptors (Lipinski definition) is 5. The highest BCUT2D eigenvalue weighted by atomic mass is 35.5. The van der Waals surface area contributed by atoms with Crippen LogP contribution < -0.4 is 10.5 Å². The number of nitrogens with zero attached hydrogens (tertiary/aromatic N) is 1. The second-order valence-corrected chi connectivity index (χ2v) is 5.05. The number of carboxylic acid groups (broad SMARTS) is 1. The zero-order valence-electron chi connectivity index (χ0n) is 11.5. The highest BCUT2D eigenvalue weighted by Crippen LogP contribution is 2.29. The number of benzene rings is 1. The zero-order chi connectivity index (χ0) is 16.0. The molecule has 8 heteroatoms. The van der Waals surface area contributed by atoms with Gasteiger partial charge in [-0.1, -0.05) is 18.5 Å². The molecule has 0 fully saturated rings. The summed E-state index contributed by atoms with van der Waals surface area (Å²) in [6.07, 6.45) is 1.02. The number of hydrogen-bond donors (Lipinski definition) is 2. The number of rotatable bonds is 8. The van der Waals surface area contributed by atoms with E-state index in [9.17, 15) is 14.9 Å². The molecule has 21 heavy (non-hydrogen) atoms. The Kier molecular flexibility index (Phi) is 5.92. The predicted octanol–water partition coefficient (Wildman–Crippen LogP) is 2.60. The van der Waals surface area contributed by atoms with Crippen molar-refractivity contribution in [1.29, 1.82) is 0 Å². The van der Waals surface area contributed by atoms with Crippen LogP contribution in [0.5, 0.6) is 5.75 Å². The van der Waals surface area contributed by atoms with E-state index in [-0.39, 0.29) is 23.7 Å². The highest BCUT2D eigenvalue weighted by molar-refractivity contribution is 6.32. The van der Waals surface area contributed by atoms with Gasteiger partial charge in [0.25, 0.3) is 5.69 Å². The Hall–Kier alpha value is -1.86. The van der Waals surface area contributed by atoms with Crippen molar-refractivity contribution in [1.82, 2.24) is 0 Å². The topological polar surface area (TPSA) is 116 Å². The van der Waals surface area contributed by atoms with Crippen LogP contribution in [0.3, 0.4) is 0 Å². The SMILES string of the molecule is CCC(N)(CCCOc1ccc([N+](=O)[O-])cc1Cl)C(=O)O. The van der Waals surface area contributed by atoms with Crippen LogP contribution in [0, 0.1) is 10.1 Å². The summed E-state index contributed by atoms with van der Waals surface area (Å²) in [7, 11) is 0. The smallest absolute Gasteiger partial charge is 0.323 e. The fourth-order valence-corrected chi connectivity index (χ4v) is 1.95. The summed E-state index contributed by atoms with van der Waals surface area (Å²) >= 11 is 5.87. The molecule has 0 bridgehead atoms. The number of nitro benzene ring substituents is 1. The van der Waals surface area contributed by atoms with Gasteiger partial charge in [-0.3, -0.25) is 14.9 Å². The molecular formula is C13H17ClN2O5. The molecule has 0 amide bonds. The number of halogens is 1. The number of carbonyl (C=O) groups is 1. The quantitative estimate of drug-likeness (QED) is 0.432. The largest absolute Gasteiger partial charge is 0.492 e. The van der Waals surface area contributed by atoms with Crippen molar-refractivity contribution in [3.63, 3.8) is 0 Å². The predicted molar refractivity (Wildman–Crippen MR) is 77.7 cm³/mol. The Morgan fingerprint density at radius 3 is 2.71 bits per heavy atom. The van der Waals surface area contributed by atoms with E-state index in [2.05, 4.69) is 0 Å². The third-order valence-corrected chi connectivity index (χ3v) is 3.50. The molecule has 1 unspecified atom stereocenters. The van der Waals surface area contributed by atoms with Crippen LogP contribution in [0.25, 0.3) is 0 Å². The lowest BCUT2D eigenvalue weighted by Gasteiger charge is -2.22. The Balaban J connectivity index is 2.53. The summed E-state index contributed by atoms with van der Waals surface area (Å²) in [6.45, 7) is 1.94. The minimum absolute atomic E-state index is 0.120. The summed E-state index contributed by atoms with van der Waals surface area (Å²) in [4.78, 5) is 21.0. The normalized spacial score (nSPS) is 13.5. The van der Waals surface area contributed by atoms with E-state index in [0.29, 0.717) is 18.6 Å². The molecule has 0 aliphatic rings. The molecule has 116 valence electrons. The lowest BCUT2D eigenvalue weighted by atomic mass is 9.92. The van der Waals surface area contributed by atoms with Crippen molar-refractivity contribution in [2.24, 2.45) is 5.73 Å². The molecule has 0 heterocycles. The molecule has 0 radical (unpaired) electrons. The summed E-state index contributed by atoms with van der Waals surface area (Å²) < 4.78 is 5.39. The zero-order valence-corrected chi connectivity index (χ0v) is 12.3. The van der Waals surface area contributed by atoms with E-state index in [1.54, 1.807) is 6.92 Å². The van der Waals surface area contributed by atoms with Crippen molar-refractivity contribution in [3.8, 4) is 5.75 Å². The standard InChI is InChI=1S/C13H17ClN2O5/c1-2-13(15,12(17)18)6-3-7-21-11-5-4-9(16(19)20)8-10(11)14/h4-5,8H,2-3,6-7,15H2,1H3,(H,17,18). The monoisotopic (exact) mass is 316 g/mol. The van der Waals surface area contributed by atoms with Crippen molar-refractivity contribution in [2.75, 3.05) is 6.61 Å². The first-order valence-corrected chi connectivity index (χ1v) is 6.77. The minimum Gasteiger partial charge on any atom is -0.492 e. The number of carboxylic acids is 1. The molecule has 0 saturated heterocycles. The fourth-order valence-electron chi connectivity index (χ4n) is 1.73. The first-order valence-electron chi connectivity index (χ1n) is 6.39. The Bertz CT molecular complexity index is 537. The van der Waals surface area contributed by atoms with Gasteiger partial charge in [0.1, 0.15) is 11.3 Å². The molecule has 1 aromatic carbocycles. The van der Waals surface area contributed by atoms with E-state index < -0.39 is 16.4 Å². The molecule has 3 N–H and O–H groups in total. The molecule has 0 aliphatic carbocycles. The maximum Gasteiger partial charge on any atom is 0.323 e. The first kappa shape index (κ1) is 17.2. The summed E-state index contributed by atoms with van der Waals surface area (Å²) in [6, 6.07) is 3.90. The van der Waals surface area contributed by atoms with Gasteiger partial charge in [-0.05, 0) is 25.3 Å². The number of aliphatic carboxylic acids is 1. The van der Waals surface area contributed by atoms with Gasteiger partial charge in [-0.2, -0.15) is 0 Å². The van der Waals surface area contributed by atoms with Gasteiger partial charge in [-0.25, -0.2) is 0 Å². The molecule has 0 aromatic heterocycles. The Morgan fingerprint density at radius 2 is 2.24 bits per heavy atom. The van der Waals surface area contributed by atoms with Crippen molar-refractivity contribution in [2.45, 2.75) is 31.7 Å². The number of ether oxygens (including phenoxy) is 1. The summed E-state index contributed by atoms with van der Waals surface area (Å²) in [5.41, 5.74) is 4.37. The van der Waals surface area contributed by atoms with Crippen LogP contribution in [-0.2, 0) is 4.79 Å². The van der Waals surface area contributed by atoms with Gasteiger partial charge in [-0.15, -0.1) is 0 Å². The minimum atomic E-state index is -1.26. The van der Waals surface area contributed by atoms with Crippen LogP contribution in [0.15, 0.2) is 18.2 Å². The lowest BCUT2D eigenvalue weighted by molar-refractivity contribution is -0.384. The molecule has 1 rings (SSSR count). The summed E-state index contributed by atoms with van der Waals surface area (Å²) in [5, 5.41) is 19.7. The Labute approximate surface area is 126 Å². The maximum absolute atomic E-state index is 11.0. The second-order valence-electron chi connectivity index (χ2n) is 4.64. The maximum atomic E-state index is 11.0. The highest BCUT2D eigenvalue weighted by Gasteiger charge is 2.31. The molecule has 0 aliphatic heterocycles. The Morgan fingerprint density at radius 1 is 1.57 bits per heavy atom. The van der Waals surface area contributed by atoms with Crippen molar-refractivity contribution >= 4 is 23.3 Å². The van der Waals surface area contributed by atoms with E-state index in [0.717, 1.165) is 0 Å². The van der Waals surface area contributed by atoms with Crippen LogP contribution in [-0.4, -0.2) is 28.1 Å². The van der Waals surface area contributed by atoms with Crippen molar-refractivity contribution in [3.05, 3.63) is 33.3 Å². The molecule has 0 saturated carbocycles. The van der Waals surface area contributed by atoms with Gasteiger partial charge in [0.05, 0.1) is 16.6 Å². The molecule has 7 nitrogen and oxygen atoms in total. The fraction of sp³-hybridized carbons (Fsp3) is 0.462. The van der Waals surface area contributed by atoms with Gasteiger partial charge in [0.2, 0.25) is 0 Å². The van der Waals surface area contributed by atoms with Gasteiger partial charge < -0.3 is 15.6 Å². The molecular weight excluding hydrogens is 300 g/mol. The van der Waals surface area contributed by atoms with E-state index in [1.165, 1.54) is 18.2 Å². The van der Waals surface area contributed by atoms with Crippen LogP contribution in [0.2, 0.25) is 5.02 Å². The summed E-state index contributed by atoms with van der Waals surface area (Å²) in [5.74, 6) is -0.727. The lowest BCUT2D eigenvalue weighted by Crippen LogP contribution is -2.47. The first-order chi connectivity index (χ1) is 9.80. The molecule has 1 atom stereocenters. The van der Waals surface area contributed by atoms with Crippen molar-refractivity contribution < 1.29 is 19.6 Å². The number of nitrogens with two attached hydrogens (primary N) is 1. The van der Waals surface area contributed by atoms with Gasteiger partial charge in [0, 0.05) is 12.1 Å². The molecule has 1 aromatic rings. The average Bonchev–Trinajstić information content (AvgIpc) is 2.44. The van der Waals surface area contributed by atoms with Gasteiger partial charge in [0.15, 0.2) is 0 Å². The number of nitro groups is 1. The third kappa shape index (κ3) is 4.57. The van der Waals surface area contributed by atoms with E-state index in [4.69, 9.17) is 27.2 Å². The van der Waals surface area contributed by atoms with Crippen LogP contribution in [0.4, 0.5) is 5.69 Å². The van der Waals surface area contributed by atoms with Gasteiger partial charge >= 0.3 is 5.97 Å². The number of non-ortho nitro benzene ring substituents is 1. The van der Waals surface area contributed by atoms with Crippen LogP contribution >= 0.6 is 11.6 Å². The average molecular weight is 317 g/mol. The van der Waals surface area contributed by atoms with E-state index >= 15 is 0 Å². The van der Waals surface area contributed by atoms with E-state index in [1.807, 2.05) is 0 Å². The third-order valence-electron chi connectivity index (χ3n) is 3.21. The van der Waals surface area contributed by atoms with Crippen LogP contribution in [0.1, 0.15) is 26.2 Å². The molecule has 0 spiro atoms. The second kappa shape index (κ2) is 7.24.